The van der Waals surface area contributed by atoms with Gasteiger partial charge in [0.1, 0.15) is 36.5 Å². The van der Waals surface area contributed by atoms with E-state index in [1.165, 1.54) is 40.7 Å². The third kappa shape index (κ3) is 5.28. The number of nitrogens with one attached hydrogen (secondary N) is 2. The second-order valence-corrected chi connectivity index (χ2v) is 10.1. The molecule has 0 spiro atoms. The van der Waals surface area contributed by atoms with Gasteiger partial charge in [-0.05, 0) is 16.0 Å². The minimum absolute atomic E-state index is 0.131. The predicted molar refractivity (Wildman–Crippen MR) is 132 cm³/mol. The van der Waals surface area contributed by atoms with Crippen molar-refractivity contribution in [2.75, 3.05) is 23.9 Å². The Morgan fingerprint density at radius 1 is 1.49 bits per heavy atom. The van der Waals surface area contributed by atoms with Crippen molar-refractivity contribution in [1.82, 2.24) is 35.4 Å². The number of amides is 3. The summed E-state index contributed by atoms with van der Waals surface area (Å²) < 4.78 is 1.41. The Labute approximate surface area is 221 Å². The second-order valence-electron chi connectivity index (χ2n) is 7.15. The summed E-state index contributed by atoms with van der Waals surface area (Å²) >= 11 is 3.58. The van der Waals surface area contributed by atoms with E-state index in [0.717, 1.165) is 16.2 Å². The molecule has 1 unspecified atom stereocenters. The molecule has 2 aromatic heterocycles. The molecule has 37 heavy (non-hydrogen) atoms. The van der Waals surface area contributed by atoms with Crippen LogP contribution in [0.4, 0.5) is 5.13 Å². The van der Waals surface area contributed by atoms with Gasteiger partial charge in [-0.2, -0.15) is 0 Å². The predicted octanol–water partition coefficient (Wildman–Crippen LogP) is -0.787. The standard InChI is InChI=1S/C19H17N9O6S3/c1-3-4-27-19(23-25-26-27)37-6-9-5-35-16-12(15(31)28(16)13(9)17(32)33)22-14(30)11(24-34-2)10-7-36-18(21-10)20-8-29/h1,7-8,12,16H,4-6H2,2H3,(H,22,30)(H,32,33)(H,20,21,29)/t12?,16-/m1/s1. The lowest BCUT2D eigenvalue weighted by atomic mass is 10.0. The lowest BCUT2D eigenvalue weighted by molar-refractivity contribution is -0.150. The SMILES string of the molecule is C#CCn1nnnc1SCC1=C(C(=O)O)N2C(=O)C(NC(=O)C(=NOC)c3csc(NC=O)n3)[C@H]2SC1. The average molecular weight is 564 g/mol. The number of thioether (sulfide) groups is 2. The van der Waals surface area contributed by atoms with Gasteiger partial charge in [-0.1, -0.05) is 22.8 Å². The average Bonchev–Trinajstić information content (AvgIpc) is 3.53. The van der Waals surface area contributed by atoms with E-state index in [4.69, 9.17) is 11.3 Å². The lowest BCUT2D eigenvalue weighted by Crippen LogP contribution is -2.71. The Balaban J connectivity index is 1.48. The number of terminal acetylenes is 1. The van der Waals surface area contributed by atoms with E-state index in [2.05, 4.69) is 42.2 Å². The van der Waals surface area contributed by atoms with Crippen molar-refractivity contribution in [2.24, 2.45) is 5.16 Å². The number of hydrogen-bond donors (Lipinski definition) is 3. The molecule has 3 amide bonds. The second kappa shape index (κ2) is 11.4. The van der Waals surface area contributed by atoms with E-state index in [0.29, 0.717) is 22.9 Å². The molecular weight excluding hydrogens is 546 g/mol. The molecule has 0 aromatic carbocycles. The highest BCUT2D eigenvalue weighted by Gasteiger charge is 2.54. The van der Waals surface area contributed by atoms with Crippen LogP contribution in [-0.4, -0.2) is 95.1 Å². The van der Waals surface area contributed by atoms with Crippen LogP contribution < -0.4 is 10.6 Å². The van der Waals surface area contributed by atoms with Crippen molar-refractivity contribution in [3.05, 3.63) is 22.3 Å². The highest BCUT2D eigenvalue weighted by Crippen LogP contribution is 2.41. The topological polar surface area (TPSA) is 194 Å². The summed E-state index contributed by atoms with van der Waals surface area (Å²) in [4.78, 5) is 58.6. The minimum Gasteiger partial charge on any atom is -0.477 e. The first-order chi connectivity index (χ1) is 17.9. The number of anilines is 1. The molecule has 0 aliphatic carbocycles. The Hall–Kier alpha value is -3.95. The number of β-lactam (4-membered cyclic amide) rings is 1. The first-order valence-electron chi connectivity index (χ1n) is 10.2. The summed E-state index contributed by atoms with van der Waals surface area (Å²) in [5.74, 6) is 0.365. The molecule has 1 fully saturated rings. The number of carboxylic acids is 1. The van der Waals surface area contributed by atoms with E-state index in [1.807, 2.05) is 0 Å². The maximum atomic E-state index is 13.0. The fourth-order valence-corrected chi connectivity index (χ4v) is 6.45. The van der Waals surface area contributed by atoms with Gasteiger partial charge in [0.2, 0.25) is 11.6 Å². The molecule has 4 rings (SSSR count). The molecule has 0 radical (unpaired) electrons. The molecule has 15 nitrogen and oxygen atoms in total. The first-order valence-corrected chi connectivity index (χ1v) is 13.1. The number of carbonyl (C=O) groups is 4. The number of hydrogen-bond acceptors (Lipinski definition) is 13. The zero-order valence-electron chi connectivity index (χ0n) is 18.9. The van der Waals surface area contributed by atoms with Crippen LogP contribution in [0.3, 0.4) is 0 Å². The number of carboxylic acid groups (broad SMARTS) is 1. The summed E-state index contributed by atoms with van der Waals surface area (Å²) in [6, 6.07) is -0.989. The van der Waals surface area contributed by atoms with E-state index in [1.54, 1.807) is 0 Å². The van der Waals surface area contributed by atoms with Gasteiger partial charge in [0, 0.05) is 16.9 Å². The quantitative estimate of drug-likeness (QED) is 0.0771. The van der Waals surface area contributed by atoms with Gasteiger partial charge in [-0.25, -0.2) is 14.5 Å². The van der Waals surface area contributed by atoms with Crippen LogP contribution in [0, 0.1) is 12.3 Å². The summed E-state index contributed by atoms with van der Waals surface area (Å²) in [7, 11) is 1.24. The number of tetrazole rings is 1. The van der Waals surface area contributed by atoms with Gasteiger partial charge in [0.25, 0.3) is 11.8 Å². The van der Waals surface area contributed by atoms with Crippen LogP contribution in [0.25, 0.3) is 0 Å². The molecule has 0 bridgehead atoms. The summed E-state index contributed by atoms with van der Waals surface area (Å²) in [5.41, 5.74) is 0.288. The number of oxime groups is 1. The first kappa shape index (κ1) is 26.1. The van der Waals surface area contributed by atoms with Gasteiger partial charge in [-0.3, -0.25) is 19.3 Å². The number of fused-ring (bicyclic) bond motifs is 1. The van der Waals surface area contributed by atoms with E-state index < -0.39 is 29.2 Å². The van der Waals surface area contributed by atoms with Gasteiger partial charge in [-0.15, -0.1) is 34.6 Å². The molecule has 1 saturated heterocycles. The molecule has 2 atom stereocenters. The summed E-state index contributed by atoms with van der Waals surface area (Å²) in [5, 5.41) is 31.3. The number of thiazole rings is 1. The maximum Gasteiger partial charge on any atom is 0.352 e. The van der Waals surface area contributed by atoms with Crippen LogP contribution in [0.5, 0.6) is 0 Å². The lowest BCUT2D eigenvalue weighted by Gasteiger charge is -2.49. The van der Waals surface area contributed by atoms with Crippen LogP contribution >= 0.6 is 34.9 Å². The molecule has 0 saturated carbocycles. The van der Waals surface area contributed by atoms with Crippen LogP contribution in [-0.2, 0) is 30.6 Å². The molecule has 2 aromatic rings. The van der Waals surface area contributed by atoms with Gasteiger partial charge in [0.15, 0.2) is 10.8 Å². The van der Waals surface area contributed by atoms with Crippen LogP contribution in [0.15, 0.2) is 27.0 Å². The fourth-order valence-electron chi connectivity index (χ4n) is 3.44. The van der Waals surface area contributed by atoms with Crippen molar-refractivity contribution in [2.45, 2.75) is 23.1 Å². The third-order valence-electron chi connectivity index (χ3n) is 4.98. The minimum atomic E-state index is -1.26. The van der Waals surface area contributed by atoms with Crippen molar-refractivity contribution in [3.63, 3.8) is 0 Å². The van der Waals surface area contributed by atoms with E-state index in [-0.39, 0.29) is 34.5 Å². The Kier molecular flexibility index (Phi) is 8.05. The number of rotatable bonds is 11. The van der Waals surface area contributed by atoms with E-state index in [9.17, 15) is 24.3 Å². The van der Waals surface area contributed by atoms with Gasteiger partial charge in [0.05, 0.1) is 0 Å². The number of nitrogens with zero attached hydrogens (tertiary/aromatic N) is 7. The monoisotopic (exact) mass is 563 g/mol. The highest BCUT2D eigenvalue weighted by atomic mass is 32.2. The number of aromatic nitrogens is 5. The maximum absolute atomic E-state index is 13.0. The Morgan fingerprint density at radius 2 is 2.30 bits per heavy atom. The van der Waals surface area contributed by atoms with Gasteiger partial charge < -0.3 is 20.6 Å². The van der Waals surface area contributed by atoms with E-state index >= 15 is 0 Å². The Bertz CT molecular complexity index is 1350. The molecule has 3 N–H and O–H groups in total. The molecule has 4 heterocycles. The number of aliphatic carboxylic acids is 1. The van der Waals surface area contributed by atoms with Crippen molar-refractivity contribution >= 4 is 69.9 Å². The van der Waals surface area contributed by atoms with Crippen molar-refractivity contribution < 1.29 is 29.1 Å². The third-order valence-corrected chi connectivity index (χ3v) is 8.14. The molecule has 2 aliphatic heterocycles. The Morgan fingerprint density at radius 3 is 3.00 bits per heavy atom. The smallest absolute Gasteiger partial charge is 0.352 e. The molecule has 2 aliphatic rings. The summed E-state index contributed by atoms with van der Waals surface area (Å²) in [6.45, 7) is 0.160. The largest absolute Gasteiger partial charge is 0.477 e. The van der Waals surface area contributed by atoms with Crippen molar-refractivity contribution in [3.8, 4) is 12.3 Å². The number of carbonyl (C=O) groups excluding carboxylic acids is 3. The normalized spacial score (nSPS) is 19.0. The molecule has 192 valence electrons. The molecule has 18 heteroatoms. The van der Waals surface area contributed by atoms with Crippen molar-refractivity contribution in [1.29, 1.82) is 0 Å². The fraction of sp³-hybridized carbons (Fsp3) is 0.316. The highest BCUT2D eigenvalue weighted by molar-refractivity contribution is 8.01. The zero-order chi connectivity index (χ0) is 26.5. The van der Waals surface area contributed by atoms with Crippen LogP contribution in [0.2, 0.25) is 0 Å². The molecular formula is C19H17N9O6S3. The zero-order valence-corrected chi connectivity index (χ0v) is 21.3. The summed E-state index contributed by atoms with van der Waals surface area (Å²) in [6.07, 6.45) is 5.74. The van der Waals surface area contributed by atoms with Gasteiger partial charge >= 0.3 is 5.97 Å². The van der Waals surface area contributed by atoms with Crippen LogP contribution in [0.1, 0.15) is 5.69 Å².